The molecule has 0 aromatic heterocycles. The van der Waals surface area contributed by atoms with Crippen molar-refractivity contribution in [2.75, 3.05) is 66.8 Å². The van der Waals surface area contributed by atoms with Crippen molar-refractivity contribution in [3.8, 4) is 0 Å². The molecule has 0 saturated heterocycles. The molecular weight excluding hydrogens is 232 g/mol. The van der Waals surface area contributed by atoms with Gasteiger partial charge in [-0.25, -0.2) is 0 Å². The number of nitrogens with one attached hydrogen (secondary N) is 1. The van der Waals surface area contributed by atoms with E-state index in [-0.39, 0.29) is 0 Å². The first-order chi connectivity index (χ1) is 8.66. The molecule has 0 spiro atoms. The average molecular weight is 262 g/mol. The van der Waals surface area contributed by atoms with Gasteiger partial charge in [0.05, 0.1) is 33.0 Å². The normalized spacial score (nSPS) is 11.7. The first kappa shape index (κ1) is 17.8. The molecule has 0 amide bonds. The van der Waals surface area contributed by atoms with Crippen molar-refractivity contribution >= 4 is 0 Å². The van der Waals surface area contributed by atoms with Crippen LogP contribution in [0.1, 0.15) is 13.8 Å². The van der Waals surface area contributed by atoms with Crippen LogP contribution in [0.5, 0.6) is 0 Å². The van der Waals surface area contributed by atoms with E-state index in [2.05, 4.69) is 31.1 Å². The summed E-state index contributed by atoms with van der Waals surface area (Å²) in [6, 6.07) is 0.555. The van der Waals surface area contributed by atoms with E-state index in [0.717, 1.165) is 26.2 Å². The molecule has 1 N–H and O–H groups in total. The quantitative estimate of drug-likeness (QED) is 0.492. The highest BCUT2D eigenvalue weighted by Crippen LogP contribution is 1.85. The minimum Gasteiger partial charge on any atom is -0.382 e. The Kier molecular flexibility index (Phi) is 13.1. The van der Waals surface area contributed by atoms with Crippen molar-refractivity contribution in [1.82, 2.24) is 10.2 Å². The van der Waals surface area contributed by atoms with Crippen LogP contribution in [0.4, 0.5) is 0 Å². The first-order valence-corrected chi connectivity index (χ1v) is 6.73. The van der Waals surface area contributed by atoms with Gasteiger partial charge in [-0.2, -0.15) is 0 Å². The monoisotopic (exact) mass is 262 g/mol. The Balaban J connectivity index is 3.12. The lowest BCUT2D eigenvalue weighted by Crippen LogP contribution is -2.34. The van der Waals surface area contributed by atoms with E-state index in [1.165, 1.54) is 0 Å². The van der Waals surface area contributed by atoms with E-state index in [1.54, 1.807) is 7.11 Å². The Morgan fingerprint density at radius 3 is 2.17 bits per heavy atom. The number of likely N-dealkylation sites (N-methyl/N-ethyl adjacent to an activating group) is 1. The largest absolute Gasteiger partial charge is 0.382 e. The van der Waals surface area contributed by atoms with Crippen LogP contribution in [-0.2, 0) is 14.2 Å². The average Bonchev–Trinajstić information content (AvgIpc) is 2.32. The second kappa shape index (κ2) is 13.2. The van der Waals surface area contributed by atoms with Crippen LogP contribution in [0.25, 0.3) is 0 Å². The Bertz CT molecular complexity index is 168. The Labute approximate surface area is 112 Å². The summed E-state index contributed by atoms with van der Waals surface area (Å²) in [6.07, 6.45) is 0. The van der Waals surface area contributed by atoms with Crippen LogP contribution < -0.4 is 5.32 Å². The number of hydrogen-bond acceptors (Lipinski definition) is 5. The molecule has 0 atom stereocenters. The molecule has 0 saturated carbocycles. The van der Waals surface area contributed by atoms with E-state index in [0.29, 0.717) is 32.5 Å². The standard InChI is InChI=1S/C13H30N2O3/c1-13(2)14-5-6-15(3)7-8-17-11-12-18-10-9-16-4/h13-14H,5-12H2,1-4H3. The lowest BCUT2D eigenvalue weighted by molar-refractivity contribution is 0.0209. The van der Waals surface area contributed by atoms with Gasteiger partial charge in [-0.15, -0.1) is 0 Å². The SMILES string of the molecule is COCCOCCOCCN(C)CCNC(C)C. The molecule has 0 heterocycles. The van der Waals surface area contributed by atoms with Gasteiger partial charge >= 0.3 is 0 Å². The molecule has 5 nitrogen and oxygen atoms in total. The maximum Gasteiger partial charge on any atom is 0.0701 e. The van der Waals surface area contributed by atoms with Crippen LogP contribution in [-0.4, -0.2) is 77.8 Å². The Morgan fingerprint density at radius 1 is 0.944 bits per heavy atom. The number of ether oxygens (including phenoxy) is 3. The number of methoxy groups -OCH3 is 1. The highest BCUT2D eigenvalue weighted by Gasteiger charge is 1.99. The fourth-order valence-corrected chi connectivity index (χ4v) is 1.34. The summed E-state index contributed by atoms with van der Waals surface area (Å²) < 4.78 is 15.7. The van der Waals surface area contributed by atoms with Gasteiger partial charge in [-0.05, 0) is 7.05 Å². The van der Waals surface area contributed by atoms with E-state index in [1.807, 2.05) is 0 Å². The van der Waals surface area contributed by atoms with E-state index in [4.69, 9.17) is 14.2 Å². The summed E-state index contributed by atoms with van der Waals surface area (Å²) in [7, 11) is 3.78. The van der Waals surface area contributed by atoms with Gasteiger partial charge in [-0.1, -0.05) is 13.8 Å². The number of rotatable bonds is 13. The third kappa shape index (κ3) is 13.9. The molecule has 0 aliphatic rings. The van der Waals surface area contributed by atoms with Gasteiger partial charge in [0.15, 0.2) is 0 Å². The highest BCUT2D eigenvalue weighted by molar-refractivity contribution is 4.57. The first-order valence-electron chi connectivity index (χ1n) is 6.73. The maximum atomic E-state index is 5.48. The minimum absolute atomic E-state index is 0.555. The number of nitrogens with zero attached hydrogens (tertiary/aromatic N) is 1. The zero-order valence-electron chi connectivity index (χ0n) is 12.4. The molecule has 0 unspecified atom stereocenters. The summed E-state index contributed by atoms with van der Waals surface area (Å²) in [6.45, 7) is 10.7. The molecule has 0 aromatic rings. The van der Waals surface area contributed by atoms with Crippen molar-refractivity contribution in [1.29, 1.82) is 0 Å². The zero-order valence-corrected chi connectivity index (χ0v) is 12.4. The zero-order chi connectivity index (χ0) is 13.6. The van der Waals surface area contributed by atoms with Gasteiger partial charge in [-0.3, -0.25) is 0 Å². The lowest BCUT2D eigenvalue weighted by Gasteiger charge is -2.17. The molecule has 0 bridgehead atoms. The summed E-state index contributed by atoms with van der Waals surface area (Å²) >= 11 is 0. The maximum absolute atomic E-state index is 5.48. The third-order valence-electron chi connectivity index (χ3n) is 2.47. The molecule has 0 aromatic carbocycles. The molecule has 0 radical (unpaired) electrons. The van der Waals surface area contributed by atoms with Gasteiger partial charge in [0.2, 0.25) is 0 Å². The second-order valence-corrected chi connectivity index (χ2v) is 4.63. The van der Waals surface area contributed by atoms with Crippen molar-refractivity contribution in [2.24, 2.45) is 0 Å². The van der Waals surface area contributed by atoms with Gasteiger partial charge < -0.3 is 24.4 Å². The Hall–Kier alpha value is -0.200. The summed E-state index contributed by atoms with van der Waals surface area (Å²) in [5, 5.41) is 3.39. The van der Waals surface area contributed by atoms with Crippen LogP contribution in [0.15, 0.2) is 0 Å². The summed E-state index contributed by atoms with van der Waals surface area (Å²) in [5.74, 6) is 0. The molecule has 0 aliphatic heterocycles. The smallest absolute Gasteiger partial charge is 0.0701 e. The van der Waals surface area contributed by atoms with Gasteiger partial charge in [0, 0.05) is 32.8 Å². The van der Waals surface area contributed by atoms with Crippen LogP contribution in [0.3, 0.4) is 0 Å². The molecule has 18 heavy (non-hydrogen) atoms. The highest BCUT2D eigenvalue weighted by atomic mass is 16.5. The van der Waals surface area contributed by atoms with Crippen LogP contribution in [0.2, 0.25) is 0 Å². The summed E-state index contributed by atoms with van der Waals surface area (Å²) in [5.41, 5.74) is 0. The molecular formula is C13H30N2O3. The predicted octanol–water partition coefficient (Wildman–Crippen LogP) is 0.596. The van der Waals surface area contributed by atoms with Crippen molar-refractivity contribution in [2.45, 2.75) is 19.9 Å². The topological polar surface area (TPSA) is 43.0 Å². The van der Waals surface area contributed by atoms with E-state index < -0.39 is 0 Å². The number of hydrogen-bond donors (Lipinski definition) is 1. The fourth-order valence-electron chi connectivity index (χ4n) is 1.34. The van der Waals surface area contributed by atoms with E-state index in [9.17, 15) is 0 Å². The fraction of sp³-hybridized carbons (Fsp3) is 1.00. The van der Waals surface area contributed by atoms with Crippen LogP contribution >= 0.6 is 0 Å². The van der Waals surface area contributed by atoms with Crippen molar-refractivity contribution < 1.29 is 14.2 Å². The second-order valence-electron chi connectivity index (χ2n) is 4.63. The molecule has 0 rings (SSSR count). The van der Waals surface area contributed by atoms with Crippen molar-refractivity contribution in [3.05, 3.63) is 0 Å². The minimum atomic E-state index is 0.555. The lowest BCUT2D eigenvalue weighted by atomic mass is 10.4. The third-order valence-corrected chi connectivity index (χ3v) is 2.47. The van der Waals surface area contributed by atoms with Gasteiger partial charge in [0.1, 0.15) is 0 Å². The van der Waals surface area contributed by atoms with Crippen LogP contribution in [0, 0.1) is 0 Å². The van der Waals surface area contributed by atoms with Crippen molar-refractivity contribution in [3.63, 3.8) is 0 Å². The molecule has 0 fully saturated rings. The van der Waals surface area contributed by atoms with Gasteiger partial charge in [0.25, 0.3) is 0 Å². The summed E-state index contributed by atoms with van der Waals surface area (Å²) in [4.78, 5) is 2.27. The Morgan fingerprint density at radius 2 is 1.56 bits per heavy atom. The predicted molar refractivity (Wildman–Crippen MR) is 74.1 cm³/mol. The molecule has 110 valence electrons. The molecule has 0 aliphatic carbocycles. The molecule has 5 heteroatoms. The van der Waals surface area contributed by atoms with E-state index >= 15 is 0 Å².